The largest absolute Gasteiger partial charge is 0.483 e. The lowest BCUT2D eigenvalue weighted by Crippen LogP contribution is -2.17. The van der Waals surface area contributed by atoms with Gasteiger partial charge in [0.15, 0.2) is 17.1 Å². The highest BCUT2D eigenvalue weighted by Gasteiger charge is 2.24. The third-order valence-electron chi connectivity index (χ3n) is 5.82. The molecule has 3 aromatic rings. The van der Waals surface area contributed by atoms with Gasteiger partial charge in [0, 0.05) is 11.4 Å². The maximum atomic E-state index is 12.8. The molecular weight excluding hydrogens is 496 g/mol. The lowest BCUT2D eigenvalue weighted by molar-refractivity contribution is -0.113. The minimum Gasteiger partial charge on any atom is -0.483 e. The molecule has 0 bridgehead atoms. The first-order valence-corrected chi connectivity index (χ1v) is 13.8. The molecule has 10 heteroatoms. The highest BCUT2D eigenvalue weighted by atomic mass is 32.2. The molecule has 3 rings (SSSR count). The van der Waals surface area contributed by atoms with E-state index in [9.17, 15) is 9.59 Å². The van der Waals surface area contributed by atoms with Gasteiger partial charge in [-0.15, -0.1) is 21.5 Å². The highest BCUT2D eigenvalue weighted by Crippen LogP contribution is 2.34. The Morgan fingerprint density at radius 3 is 2.42 bits per heavy atom. The Morgan fingerprint density at radius 2 is 1.83 bits per heavy atom. The number of rotatable bonds is 11. The third kappa shape index (κ3) is 6.28. The number of thiophene rings is 1. The SMILES string of the molecule is CCc1c(C)sc(NC(=O)CSc2nnc(C(C)Oc3ccc(C(C)C)cc3)n2CC)c1C(=O)OC. The molecule has 2 aromatic heterocycles. The van der Waals surface area contributed by atoms with Gasteiger partial charge in [-0.3, -0.25) is 4.79 Å². The molecule has 0 saturated heterocycles. The van der Waals surface area contributed by atoms with Crippen molar-refractivity contribution in [1.82, 2.24) is 14.8 Å². The first-order valence-electron chi connectivity index (χ1n) is 12.0. The monoisotopic (exact) mass is 530 g/mol. The van der Waals surface area contributed by atoms with Crippen molar-refractivity contribution in [1.29, 1.82) is 0 Å². The fourth-order valence-corrected chi connectivity index (χ4v) is 5.85. The molecule has 0 saturated carbocycles. The van der Waals surface area contributed by atoms with E-state index in [2.05, 4.69) is 41.5 Å². The minimum absolute atomic E-state index is 0.128. The Kier molecular flexibility index (Phi) is 9.56. The summed E-state index contributed by atoms with van der Waals surface area (Å²) in [7, 11) is 1.34. The van der Waals surface area contributed by atoms with Crippen LogP contribution >= 0.6 is 23.1 Å². The van der Waals surface area contributed by atoms with Crippen molar-refractivity contribution in [3.05, 3.63) is 51.7 Å². The van der Waals surface area contributed by atoms with Gasteiger partial charge < -0.3 is 19.4 Å². The standard InChI is InChI=1S/C26H34N4O4S2/c1-8-20-17(6)36-24(22(20)25(32)33-7)27-21(31)14-35-26-29-28-23(30(26)9-2)16(5)34-19-12-10-18(11-13-19)15(3)4/h10-13,15-16H,8-9,14H2,1-7H3,(H,27,31). The van der Waals surface area contributed by atoms with Crippen molar-refractivity contribution in [2.75, 3.05) is 18.2 Å². The lowest BCUT2D eigenvalue weighted by Gasteiger charge is -2.16. The summed E-state index contributed by atoms with van der Waals surface area (Å²) >= 11 is 2.68. The van der Waals surface area contributed by atoms with E-state index in [1.165, 1.54) is 35.8 Å². The van der Waals surface area contributed by atoms with Crippen LogP contribution in [0.3, 0.4) is 0 Å². The molecule has 0 radical (unpaired) electrons. The molecule has 0 fully saturated rings. The number of aryl methyl sites for hydroxylation is 1. The van der Waals surface area contributed by atoms with Gasteiger partial charge in [0.05, 0.1) is 18.4 Å². The first kappa shape index (κ1) is 27.7. The molecule has 0 aliphatic rings. The molecule has 36 heavy (non-hydrogen) atoms. The molecule has 1 aromatic carbocycles. The van der Waals surface area contributed by atoms with Crippen molar-refractivity contribution in [2.24, 2.45) is 0 Å². The van der Waals surface area contributed by atoms with Gasteiger partial charge in [-0.25, -0.2) is 4.79 Å². The molecule has 1 unspecified atom stereocenters. The summed E-state index contributed by atoms with van der Waals surface area (Å²) in [4.78, 5) is 26.1. The summed E-state index contributed by atoms with van der Waals surface area (Å²) in [5.41, 5.74) is 2.59. The zero-order valence-corrected chi connectivity index (χ0v) is 23.5. The number of esters is 1. The second kappa shape index (κ2) is 12.4. The summed E-state index contributed by atoms with van der Waals surface area (Å²) in [6.45, 7) is 12.8. The van der Waals surface area contributed by atoms with Crippen molar-refractivity contribution in [2.45, 2.75) is 71.7 Å². The molecule has 0 spiro atoms. The molecule has 1 N–H and O–H groups in total. The number of methoxy groups -OCH3 is 1. The highest BCUT2D eigenvalue weighted by molar-refractivity contribution is 7.99. The van der Waals surface area contributed by atoms with Crippen LogP contribution in [0.25, 0.3) is 0 Å². The number of benzene rings is 1. The van der Waals surface area contributed by atoms with E-state index < -0.39 is 5.97 Å². The van der Waals surface area contributed by atoms with Crippen LogP contribution in [0.1, 0.15) is 78.8 Å². The number of hydrogen-bond acceptors (Lipinski definition) is 8. The molecule has 0 aliphatic carbocycles. The average Bonchev–Trinajstić information content (AvgIpc) is 3.42. The van der Waals surface area contributed by atoms with Gasteiger partial charge in [0.2, 0.25) is 5.91 Å². The number of nitrogens with zero attached hydrogens (tertiary/aromatic N) is 3. The van der Waals surface area contributed by atoms with Crippen LogP contribution in [0.2, 0.25) is 0 Å². The number of aromatic nitrogens is 3. The molecule has 2 heterocycles. The summed E-state index contributed by atoms with van der Waals surface area (Å²) in [5.74, 6) is 1.38. The maximum Gasteiger partial charge on any atom is 0.341 e. The zero-order chi connectivity index (χ0) is 26.4. The summed E-state index contributed by atoms with van der Waals surface area (Å²) in [6, 6.07) is 8.08. The Hall–Kier alpha value is -2.85. The fourth-order valence-electron chi connectivity index (χ4n) is 3.90. The normalized spacial score (nSPS) is 12.0. The minimum atomic E-state index is -0.442. The number of anilines is 1. The van der Waals surface area contributed by atoms with Crippen LogP contribution in [0.4, 0.5) is 5.00 Å². The number of hydrogen-bond donors (Lipinski definition) is 1. The second-order valence-corrected chi connectivity index (χ2v) is 10.8. The number of amides is 1. The molecular formula is C26H34N4O4S2. The van der Waals surface area contributed by atoms with Gasteiger partial charge in [-0.1, -0.05) is 44.7 Å². The van der Waals surface area contributed by atoms with E-state index in [1.54, 1.807) is 0 Å². The van der Waals surface area contributed by atoms with Crippen LogP contribution in [0, 0.1) is 6.92 Å². The number of nitrogens with one attached hydrogen (secondary N) is 1. The van der Waals surface area contributed by atoms with Gasteiger partial charge in [-0.05, 0) is 56.4 Å². The van der Waals surface area contributed by atoms with Crippen molar-refractivity contribution in [3.8, 4) is 5.75 Å². The lowest BCUT2D eigenvalue weighted by atomic mass is 10.0. The van der Waals surface area contributed by atoms with Crippen molar-refractivity contribution >= 4 is 40.0 Å². The van der Waals surface area contributed by atoms with E-state index in [4.69, 9.17) is 9.47 Å². The fraction of sp³-hybridized carbons (Fsp3) is 0.462. The maximum absolute atomic E-state index is 12.8. The van der Waals surface area contributed by atoms with Crippen LogP contribution < -0.4 is 10.1 Å². The van der Waals surface area contributed by atoms with Crippen LogP contribution in [-0.4, -0.2) is 39.5 Å². The van der Waals surface area contributed by atoms with Crippen LogP contribution in [-0.2, 0) is 22.5 Å². The predicted molar refractivity (Wildman–Crippen MR) is 144 cm³/mol. The number of thioether (sulfide) groups is 1. The van der Waals surface area contributed by atoms with Crippen molar-refractivity contribution in [3.63, 3.8) is 0 Å². The van der Waals surface area contributed by atoms with Crippen molar-refractivity contribution < 1.29 is 19.1 Å². The Bertz CT molecular complexity index is 1200. The zero-order valence-electron chi connectivity index (χ0n) is 21.9. The molecule has 0 aliphatic heterocycles. The third-order valence-corrected chi connectivity index (χ3v) is 7.85. The van der Waals surface area contributed by atoms with Gasteiger partial charge in [-0.2, -0.15) is 0 Å². The number of carbonyl (C=O) groups excluding carboxylic acids is 2. The summed E-state index contributed by atoms with van der Waals surface area (Å²) < 4.78 is 13.0. The van der Waals surface area contributed by atoms with Crippen LogP contribution in [0.5, 0.6) is 5.75 Å². The van der Waals surface area contributed by atoms with E-state index in [-0.39, 0.29) is 17.8 Å². The topological polar surface area (TPSA) is 95.3 Å². The van der Waals surface area contributed by atoms with E-state index >= 15 is 0 Å². The van der Waals surface area contributed by atoms with E-state index in [1.807, 2.05) is 44.4 Å². The first-order chi connectivity index (χ1) is 17.2. The van der Waals surface area contributed by atoms with E-state index in [0.717, 1.165) is 16.2 Å². The quantitative estimate of drug-likeness (QED) is 0.240. The van der Waals surface area contributed by atoms with E-state index in [0.29, 0.717) is 40.4 Å². The number of ether oxygens (including phenoxy) is 2. The molecule has 1 amide bonds. The Labute approximate surface area is 220 Å². The average molecular weight is 531 g/mol. The summed E-state index contributed by atoms with van der Waals surface area (Å²) in [5, 5.41) is 12.7. The molecule has 8 nitrogen and oxygen atoms in total. The Morgan fingerprint density at radius 1 is 1.14 bits per heavy atom. The second-order valence-electron chi connectivity index (χ2n) is 8.59. The smallest absolute Gasteiger partial charge is 0.341 e. The van der Waals surface area contributed by atoms with Gasteiger partial charge in [0.25, 0.3) is 0 Å². The molecule has 194 valence electrons. The molecule has 1 atom stereocenters. The summed E-state index contributed by atoms with van der Waals surface area (Å²) in [6.07, 6.45) is 0.372. The Balaban J connectivity index is 1.67. The van der Waals surface area contributed by atoms with Crippen LogP contribution in [0.15, 0.2) is 29.4 Å². The van der Waals surface area contributed by atoms with Gasteiger partial charge >= 0.3 is 5.97 Å². The van der Waals surface area contributed by atoms with Gasteiger partial charge in [0.1, 0.15) is 10.8 Å². The number of carbonyl (C=O) groups is 2. The predicted octanol–water partition coefficient (Wildman–Crippen LogP) is 6.01.